The van der Waals surface area contributed by atoms with Crippen LogP contribution in [0.3, 0.4) is 0 Å². The van der Waals surface area contributed by atoms with E-state index in [1.165, 1.54) is 19.3 Å². The third-order valence-electron chi connectivity index (χ3n) is 6.52. The zero-order valence-corrected chi connectivity index (χ0v) is 18.7. The molecule has 3 amide bonds. The highest BCUT2D eigenvalue weighted by Crippen LogP contribution is 2.22. The molecular weight excluding hydrogens is 376 g/mol. The van der Waals surface area contributed by atoms with Crippen molar-refractivity contribution in [2.24, 2.45) is 5.92 Å². The van der Waals surface area contributed by atoms with E-state index in [2.05, 4.69) is 22.5 Å². The smallest absolute Gasteiger partial charge is 0.321 e. The Kier molecular flexibility index (Phi) is 8.55. The van der Waals surface area contributed by atoms with Gasteiger partial charge in [0.2, 0.25) is 5.91 Å². The lowest BCUT2D eigenvalue weighted by Crippen LogP contribution is -2.43. The first kappa shape index (κ1) is 22.6. The molecule has 6 heteroatoms. The molecule has 0 aromatic heterocycles. The molecule has 2 saturated heterocycles. The summed E-state index contributed by atoms with van der Waals surface area (Å²) in [6.07, 6.45) is 7.35. The van der Waals surface area contributed by atoms with Crippen LogP contribution in [-0.2, 0) is 4.79 Å². The normalized spacial score (nSPS) is 22.5. The minimum absolute atomic E-state index is 0.0367. The zero-order chi connectivity index (χ0) is 21.3. The number of benzene rings is 1. The highest BCUT2D eigenvalue weighted by Gasteiger charge is 2.24. The second kappa shape index (κ2) is 11.3. The number of nitrogens with one attached hydrogen (secondary N) is 2. The number of carbonyl (C=O) groups excluding carboxylic acids is 2. The molecule has 2 aliphatic heterocycles. The Balaban J connectivity index is 1.35. The van der Waals surface area contributed by atoms with E-state index in [0.717, 1.165) is 63.2 Å². The molecule has 1 aromatic carbocycles. The number of anilines is 1. The van der Waals surface area contributed by atoms with E-state index in [1.807, 2.05) is 36.1 Å². The van der Waals surface area contributed by atoms with Crippen LogP contribution in [-0.4, -0.2) is 60.5 Å². The summed E-state index contributed by atoms with van der Waals surface area (Å²) in [7, 11) is 0. The van der Waals surface area contributed by atoms with Gasteiger partial charge in [-0.2, -0.15) is 0 Å². The van der Waals surface area contributed by atoms with E-state index in [1.54, 1.807) is 0 Å². The minimum Gasteiger partial charge on any atom is -0.355 e. The summed E-state index contributed by atoms with van der Waals surface area (Å²) in [4.78, 5) is 29.3. The predicted octanol–water partition coefficient (Wildman–Crippen LogP) is 4.01. The fourth-order valence-electron chi connectivity index (χ4n) is 4.66. The van der Waals surface area contributed by atoms with Crippen molar-refractivity contribution in [2.45, 2.75) is 64.8 Å². The Hall–Kier alpha value is -2.08. The Morgan fingerprint density at radius 2 is 2.00 bits per heavy atom. The summed E-state index contributed by atoms with van der Waals surface area (Å²) in [5, 5.41) is 6.09. The highest BCUT2D eigenvalue weighted by atomic mass is 16.2. The zero-order valence-electron chi connectivity index (χ0n) is 18.7. The van der Waals surface area contributed by atoms with Gasteiger partial charge in [-0.25, -0.2) is 4.79 Å². The molecule has 6 nitrogen and oxygen atoms in total. The van der Waals surface area contributed by atoms with E-state index in [-0.39, 0.29) is 11.9 Å². The number of rotatable bonds is 7. The number of amides is 3. The molecule has 2 N–H and O–H groups in total. The third-order valence-corrected chi connectivity index (χ3v) is 6.52. The van der Waals surface area contributed by atoms with Gasteiger partial charge in [0.25, 0.3) is 0 Å². The van der Waals surface area contributed by atoms with Crippen molar-refractivity contribution in [2.75, 3.05) is 38.0 Å². The minimum atomic E-state index is -0.0367. The number of likely N-dealkylation sites (tertiary alicyclic amines) is 2. The van der Waals surface area contributed by atoms with E-state index in [9.17, 15) is 9.59 Å². The van der Waals surface area contributed by atoms with Crippen molar-refractivity contribution in [3.05, 3.63) is 29.8 Å². The number of nitrogens with zero attached hydrogens (tertiary/aromatic N) is 2. The van der Waals surface area contributed by atoms with Gasteiger partial charge in [0.1, 0.15) is 0 Å². The molecule has 2 aliphatic rings. The summed E-state index contributed by atoms with van der Waals surface area (Å²) >= 11 is 0. The second-order valence-corrected chi connectivity index (χ2v) is 9.02. The number of urea groups is 1. The topological polar surface area (TPSA) is 64.7 Å². The van der Waals surface area contributed by atoms with Crippen molar-refractivity contribution in [3.63, 3.8) is 0 Å². The molecule has 2 atom stereocenters. The van der Waals surface area contributed by atoms with Gasteiger partial charge in [-0.05, 0) is 76.1 Å². The molecule has 1 aromatic rings. The van der Waals surface area contributed by atoms with Crippen LogP contribution in [0.5, 0.6) is 0 Å². The molecule has 0 saturated carbocycles. The molecular formula is C24H38N4O2. The fourth-order valence-corrected chi connectivity index (χ4v) is 4.66. The van der Waals surface area contributed by atoms with Crippen LogP contribution in [0, 0.1) is 12.8 Å². The van der Waals surface area contributed by atoms with E-state index >= 15 is 0 Å². The Morgan fingerprint density at radius 1 is 1.13 bits per heavy atom. The molecule has 30 heavy (non-hydrogen) atoms. The van der Waals surface area contributed by atoms with Crippen molar-refractivity contribution >= 4 is 17.6 Å². The van der Waals surface area contributed by atoms with Gasteiger partial charge in [0, 0.05) is 44.3 Å². The molecule has 0 spiro atoms. The lowest BCUT2D eigenvalue weighted by atomic mass is 9.93. The van der Waals surface area contributed by atoms with E-state index in [0.29, 0.717) is 18.4 Å². The van der Waals surface area contributed by atoms with E-state index < -0.39 is 0 Å². The molecule has 0 radical (unpaired) electrons. The van der Waals surface area contributed by atoms with Crippen LogP contribution in [0.15, 0.2) is 24.3 Å². The van der Waals surface area contributed by atoms with Gasteiger partial charge in [-0.15, -0.1) is 0 Å². The van der Waals surface area contributed by atoms with Crippen molar-refractivity contribution < 1.29 is 9.59 Å². The predicted molar refractivity (Wildman–Crippen MR) is 122 cm³/mol. The number of hydrogen-bond acceptors (Lipinski definition) is 3. The Bertz CT molecular complexity index is 708. The monoisotopic (exact) mass is 414 g/mol. The highest BCUT2D eigenvalue weighted by molar-refractivity contribution is 5.89. The van der Waals surface area contributed by atoms with Crippen LogP contribution in [0.25, 0.3) is 0 Å². The average molecular weight is 415 g/mol. The van der Waals surface area contributed by atoms with Crippen LogP contribution in [0.1, 0.15) is 57.4 Å². The molecule has 0 bridgehead atoms. The lowest BCUT2D eigenvalue weighted by molar-refractivity contribution is -0.121. The Labute approximate surface area is 181 Å². The number of aryl methyl sites for hydroxylation is 1. The SMILES string of the molecule is Cc1cccc(NC(=O)N2CCC[C@@H](CCC(=O)NCCN3CCCC[C@H]3C)C2)c1. The quantitative estimate of drug-likeness (QED) is 0.709. The van der Waals surface area contributed by atoms with Gasteiger partial charge in [0.05, 0.1) is 0 Å². The van der Waals surface area contributed by atoms with Crippen LogP contribution >= 0.6 is 0 Å². The maximum Gasteiger partial charge on any atom is 0.321 e. The molecule has 0 unspecified atom stereocenters. The fraction of sp³-hybridized carbons (Fsp3) is 0.667. The maximum atomic E-state index is 12.6. The van der Waals surface area contributed by atoms with Crippen molar-refractivity contribution in [1.29, 1.82) is 0 Å². The van der Waals surface area contributed by atoms with Crippen LogP contribution in [0.4, 0.5) is 10.5 Å². The number of hydrogen-bond donors (Lipinski definition) is 2. The third kappa shape index (κ3) is 7.01. The summed E-state index contributed by atoms with van der Waals surface area (Å²) in [5.74, 6) is 0.538. The molecule has 3 rings (SSSR count). The summed E-state index contributed by atoms with van der Waals surface area (Å²) in [6.45, 7) is 8.65. The van der Waals surface area contributed by atoms with Crippen molar-refractivity contribution in [1.82, 2.24) is 15.1 Å². The first-order valence-corrected chi connectivity index (χ1v) is 11.6. The largest absolute Gasteiger partial charge is 0.355 e. The average Bonchev–Trinajstić information content (AvgIpc) is 2.74. The maximum absolute atomic E-state index is 12.6. The molecule has 2 heterocycles. The van der Waals surface area contributed by atoms with Gasteiger partial charge < -0.3 is 15.5 Å². The standard InChI is InChI=1S/C24H38N4O2/c1-19-7-5-10-22(17-19)26-24(30)28-15-6-9-21(18-28)11-12-23(29)25-13-16-27-14-4-3-8-20(27)2/h5,7,10,17,20-21H,3-4,6,8-9,11-16,18H2,1-2H3,(H,25,29)(H,26,30)/t20-,21+/m1/s1. The summed E-state index contributed by atoms with van der Waals surface area (Å²) < 4.78 is 0. The molecule has 0 aliphatic carbocycles. The van der Waals surface area contributed by atoms with Crippen LogP contribution in [0.2, 0.25) is 0 Å². The van der Waals surface area contributed by atoms with Crippen molar-refractivity contribution in [3.8, 4) is 0 Å². The van der Waals surface area contributed by atoms with Gasteiger partial charge >= 0.3 is 6.03 Å². The van der Waals surface area contributed by atoms with Gasteiger partial charge in [-0.1, -0.05) is 18.6 Å². The Morgan fingerprint density at radius 3 is 2.80 bits per heavy atom. The number of carbonyl (C=O) groups is 2. The first-order chi connectivity index (χ1) is 14.5. The van der Waals surface area contributed by atoms with Gasteiger partial charge in [-0.3, -0.25) is 9.69 Å². The molecule has 2 fully saturated rings. The van der Waals surface area contributed by atoms with Gasteiger partial charge in [0.15, 0.2) is 0 Å². The second-order valence-electron chi connectivity index (χ2n) is 9.02. The first-order valence-electron chi connectivity index (χ1n) is 11.6. The van der Waals surface area contributed by atoms with Crippen LogP contribution < -0.4 is 10.6 Å². The lowest BCUT2D eigenvalue weighted by Gasteiger charge is -2.33. The van der Waals surface area contributed by atoms with E-state index in [4.69, 9.17) is 0 Å². The molecule has 166 valence electrons. The summed E-state index contributed by atoms with van der Waals surface area (Å²) in [6, 6.07) is 8.47. The summed E-state index contributed by atoms with van der Waals surface area (Å²) in [5.41, 5.74) is 1.97. The number of piperidine rings is 2.